The number of halogens is 2. The molecular formula is C26H38ClFN2. The molecule has 1 unspecified atom stereocenters. The van der Waals surface area contributed by atoms with Gasteiger partial charge in [-0.1, -0.05) is 58.1 Å². The van der Waals surface area contributed by atoms with E-state index in [1.807, 2.05) is 12.1 Å². The van der Waals surface area contributed by atoms with Gasteiger partial charge in [0.2, 0.25) is 0 Å². The van der Waals surface area contributed by atoms with Gasteiger partial charge in [0.1, 0.15) is 5.82 Å². The van der Waals surface area contributed by atoms with Crippen LogP contribution in [-0.4, -0.2) is 42.5 Å². The quantitative estimate of drug-likeness (QED) is 0.520. The number of nitrogens with one attached hydrogen (secondary N) is 1. The first-order chi connectivity index (χ1) is 14.2. The summed E-state index contributed by atoms with van der Waals surface area (Å²) in [5.41, 5.74) is 2.92. The van der Waals surface area contributed by atoms with Gasteiger partial charge in [0.15, 0.2) is 0 Å². The second kappa shape index (κ2) is 10.4. The second-order valence-electron chi connectivity index (χ2n) is 10.1. The minimum absolute atomic E-state index is 0.157. The van der Waals surface area contributed by atoms with Gasteiger partial charge in [-0.25, -0.2) is 4.39 Å². The van der Waals surface area contributed by atoms with Crippen molar-refractivity contribution in [3.8, 4) is 0 Å². The molecular weight excluding hydrogens is 395 g/mol. The standard InChI is InChI=1S/C26H38ClFN2/c1-19(2)25(29-15-13-20-5-11-23(28)12-6-20)17-30-16-14-24(26(3,4)18-30)21-7-9-22(27)10-8-21/h5-9,11-12,19,22,24-25,29H,10,13-18H2,1-4H3/t22?,24-,25+/m1/s1. The Hall–Kier alpha value is -1.16. The Morgan fingerprint density at radius 3 is 2.57 bits per heavy atom. The third kappa shape index (κ3) is 6.42. The summed E-state index contributed by atoms with van der Waals surface area (Å²) >= 11 is 6.23. The fourth-order valence-electron chi connectivity index (χ4n) is 4.95. The van der Waals surface area contributed by atoms with Gasteiger partial charge in [-0.15, -0.1) is 11.6 Å². The second-order valence-corrected chi connectivity index (χ2v) is 10.6. The van der Waals surface area contributed by atoms with E-state index >= 15 is 0 Å². The van der Waals surface area contributed by atoms with Gasteiger partial charge in [0.25, 0.3) is 0 Å². The zero-order valence-electron chi connectivity index (χ0n) is 19.0. The zero-order chi connectivity index (χ0) is 21.7. The fraction of sp³-hybridized carbons (Fsp3) is 0.615. The van der Waals surface area contributed by atoms with Crippen LogP contribution in [0.5, 0.6) is 0 Å². The van der Waals surface area contributed by atoms with Gasteiger partial charge in [0, 0.05) is 19.1 Å². The van der Waals surface area contributed by atoms with Crippen molar-refractivity contribution in [2.75, 3.05) is 26.2 Å². The topological polar surface area (TPSA) is 15.3 Å². The number of hydrogen-bond acceptors (Lipinski definition) is 2. The number of nitrogens with zero attached hydrogens (tertiary/aromatic N) is 1. The third-order valence-corrected chi connectivity index (χ3v) is 7.10. The lowest BCUT2D eigenvalue weighted by Gasteiger charge is -2.46. The molecule has 2 nitrogen and oxygen atoms in total. The van der Waals surface area contributed by atoms with Crippen molar-refractivity contribution in [3.63, 3.8) is 0 Å². The van der Waals surface area contributed by atoms with Crippen molar-refractivity contribution in [1.82, 2.24) is 10.2 Å². The Morgan fingerprint density at radius 2 is 1.97 bits per heavy atom. The molecule has 1 aromatic rings. The summed E-state index contributed by atoms with van der Waals surface area (Å²) in [6, 6.07) is 7.33. The Bertz CT molecular complexity index is 738. The number of rotatable bonds is 8. The van der Waals surface area contributed by atoms with E-state index in [2.05, 4.69) is 56.1 Å². The van der Waals surface area contributed by atoms with Gasteiger partial charge in [-0.3, -0.25) is 0 Å². The number of hydrogen-bond donors (Lipinski definition) is 1. The fourth-order valence-corrected chi connectivity index (χ4v) is 5.11. The Morgan fingerprint density at radius 1 is 1.23 bits per heavy atom. The van der Waals surface area contributed by atoms with Crippen LogP contribution in [0.2, 0.25) is 0 Å². The summed E-state index contributed by atoms with van der Waals surface area (Å²) in [6.07, 6.45) is 9.86. The van der Waals surface area contributed by atoms with Crippen LogP contribution in [0.25, 0.3) is 0 Å². The van der Waals surface area contributed by atoms with Crippen LogP contribution < -0.4 is 5.32 Å². The van der Waals surface area contributed by atoms with Crippen LogP contribution in [0.4, 0.5) is 4.39 Å². The highest BCUT2D eigenvalue weighted by Gasteiger charge is 2.38. The van der Waals surface area contributed by atoms with E-state index in [1.165, 1.54) is 17.6 Å². The molecule has 0 aromatic heterocycles. The summed E-state index contributed by atoms with van der Waals surface area (Å²) in [5.74, 6) is 1.02. The van der Waals surface area contributed by atoms with Crippen LogP contribution in [-0.2, 0) is 6.42 Å². The number of likely N-dealkylation sites (tertiary alicyclic amines) is 1. The summed E-state index contributed by atoms with van der Waals surface area (Å²) in [6.45, 7) is 13.7. The number of piperidine rings is 1. The SMILES string of the molecule is CC(C)[C@H](CN1CC[C@H](C2=CCC(Cl)C=C2)C(C)(C)C1)NCCc1ccc(F)cc1. The molecule has 1 saturated heterocycles. The predicted octanol–water partition coefficient (Wildman–Crippen LogP) is 5.82. The first-order valence-corrected chi connectivity index (χ1v) is 11.9. The average Bonchev–Trinajstić information content (AvgIpc) is 2.69. The molecule has 1 aliphatic carbocycles. The highest BCUT2D eigenvalue weighted by atomic mass is 35.5. The highest BCUT2D eigenvalue weighted by molar-refractivity contribution is 6.22. The molecule has 1 fully saturated rings. The van der Waals surface area contributed by atoms with E-state index < -0.39 is 0 Å². The maximum absolute atomic E-state index is 13.1. The first-order valence-electron chi connectivity index (χ1n) is 11.5. The lowest BCUT2D eigenvalue weighted by molar-refractivity contribution is 0.0633. The molecule has 1 heterocycles. The molecule has 166 valence electrons. The van der Waals surface area contributed by atoms with Gasteiger partial charge in [-0.2, -0.15) is 0 Å². The van der Waals surface area contributed by atoms with E-state index in [-0.39, 0.29) is 16.6 Å². The molecule has 0 bridgehead atoms. The highest BCUT2D eigenvalue weighted by Crippen LogP contribution is 2.41. The van der Waals surface area contributed by atoms with Gasteiger partial charge < -0.3 is 10.2 Å². The van der Waals surface area contributed by atoms with Crippen LogP contribution in [0, 0.1) is 23.1 Å². The van der Waals surface area contributed by atoms with Crippen molar-refractivity contribution in [1.29, 1.82) is 0 Å². The summed E-state index contributed by atoms with van der Waals surface area (Å²) < 4.78 is 13.1. The van der Waals surface area contributed by atoms with Gasteiger partial charge >= 0.3 is 0 Å². The van der Waals surface area contributed by atoms with E-state index in [0.717, 1.165) is 39.0 Å². The molecule has 1 N–H and O–H groups in total. The Kier molecular flexibility index (Phi) is 8.17. The maximum atomic E-state index is 13.1. The monoisotopic (exact) mass is 432 g/mol. The molecule has 0 amide bonds. The third-order valence-electron chi connectivity index (χ3n) is 6.78. The van der Waals surface area contributed by atoms with E-state index in [1.54, 1.807) is 12.1 Å². The molecule has 0 saturated carbocycles. The number of allylic oxidation sites excluding steroid dienone is 4. The van der Waals surface area contributed by atoms with Gasteiger partial charge in [-0.05, 0) is 72.9 Å². The van der Waals surface area contributed by atoms with E-state index in [9.17, 15) is 4.39 Å². The minimum atomic E-state index is -0.167. The van der Waals surface area contributed by atoms with E-state index in [0.29, 0.717) is 17.9 Å². The molecule has 0 radical (unpaired) electrons. The van der Waals surface area contributed by atoms with Gasteiger partial charge in [0.05, 0.1) is 5.38 Å². The summed E-state index contributed by atoms with van der Waals surface area (Å²) in [5, 5.41) is 3.92. The molecule has 3 rings (SSSR count). The molecule has 1 aliphatic heterocycles. The first kappa shape index (κ1) is 23.5. The van der Waals surface area contributed by atoms with Crippen molar-refractivity contribution in [2.24, 2.45) is 17.3 Å². The smallest absolute Gasteiger partial charge is 0.123 e. The Labute approximate surface area is 187 Å². The number of alkyl halides is 1. The molecule has 2 aliphatic rings. The summed E-state index contributed by atoms with van der Waals surface area (Å²) in [7, 11) is 0. The zero-order valence-corrected chi connectivity index (χ0v) is 19.8. The van der Waals surface area contributed by atoms with Crippen molar-refractivity contribution >= 4 is 11.6 Å². The largest absolute Gasteiger partial charge is 0.312 e. The van der Waals surface area contributed by atoms with Crippen molar-refractivity contribution in [2.45, 2.75) is 58.4 Å². The molecule has 4 heteroatoms. The lowest BCUT2D eigenvalue weighted by Crippen LogP contribution is -2.52. The minimum Gasteiger partial charge on any atom is -0.312 e. The maximum Gasteiger partial charge on any atom is 0.123 e. The summed E-state index contributed by atoms with van der Waals surface area (Å²) in [4.78, 5) is 2.64. The van der Waals surface area contributed by atoms with Crippen LogP contribution in [0.1, 0.15) is 46.1 Å². The lowest BCUT2D eigenvalue weighted by atomic mass is 9.69. The number of benzene rings is 1. The normalized spacial score (nSPS) is 25.4. The predicted molar refractivity (Wildman–Crippen MR) is 127 cm³/mol. The Balaban J connectivity index is 1.52. The van der Waals surface area contributed by atoms with Crippen molar-refractivity contribution in [3.05, 3.63) is 59.4 Å². The van der Waals surface area contributed by atoms with Crippen molar-refractivity contribution < 1.29 is 4.39 Å². The molecule has 30 heavy (non-hydrogen) atoms. The molecule has 1 aromatic carbocycles. The van der Waals surface area contributed by atoms with Crippen LogP contribution in [0.15, 0.2) is 48.1 Å². The van der Waals surface area contributed by atoms with E-state index in [4.69, 9.17) is 11.6 Å². The van der Waals surface area contributed by atoms with Crippen LogP contribution >= 0.6 is 11.6 Å². The molecule has 3 atom stereocenters. The van der Waals surface area contributed by atoms with Crippen LogP contribution in [0.3, 0.4) is 0 Å². The molecule has 0 spiro atoms. The average molecular weight is 433 g/mol.